The van der Waals surface area contributed by atoms with Crippen molar-refractivity contribution < 1.29 is 14.4 Å². The van der Waals surface area contributed by atoms with Crippen molar-refractivity contribution >= 4 is 40.4 Å². The summed E-state index contributed by atoms with van der Waals surface area (Å²) in [5.74, 6) is -0.660. The van der Waals surface area contributed by atoms with E-state index in [9.17, 15) is 14.4 Å². The Labute approximate surface area is 178 Å². The molecule has 0 spiro atoms. The molecule has 0 saturated heterocycles. The topological polar surface area (TPSA) is 78.5 Å². The molecule has 29 heavy (non-hydrogen) atoms. The molecule has 0 unspecified atom stereocenters. The summed E-state index contributed by atoms with van der Waals surface area (Å²) in [5, 5.41) is 2.06. The van der Waals surface area contributed by atoms with Crippen molar-refractivity contribution in [2.75, 3.05) is 6.54 Å². The highest BCUT2D eigenvalue weighted by molar-refractivity contribution is 7.14. The Morgan fingerprint density at radius 1 is 0.966 bits per heavy atom. The number of carbonyl (C=O) groups excluding carboxylic acids is 3. The first-order valence-electron chi connectivity index (χ1n) is 10.1. The highest BCUT2D eigenvalue weighted by Crippen LogP contribution is 2.29. The van der Waals surface area contributed by atoms with Gasteiger partial charge in [-0.05, 0) is 60.7 Å². The largest absolute Gasteiger partial charge is 0.338 e. The van der Waals surface area contributed by atoms with Crippen molar-refractivity contribution in [3.8, 4) is 0 Å². The van der Waals surface area contributed by atoms with Gasteiger partial charge in [0.25, 0.3) is 5.91 Å². The van der Waals surface area contributed by atoms with Crippen LogP contribution in [0.5, 0.6) is 0 Å². The predicted octanol–water partition coefficient (Wildman–Crippen LogP) is 3.20. The van der Waals surface area contributed by atoms with E-state index in [0.717, 1.165) is 19.3 Å². The quantitative estimate of drug-likeness (QED) is 0.576. The smallest absolute Gasteiger partial charge is 0.279 e. The van der Waals surface area contributed by atoms with Crippen molar-refractivity contribution in [1.29, 1.82) is 0 Å². The molecule has 4 rings (SSSR count). The average Bonchev–Trinajstić information content (AvgIpc) is 3.31. The monoisotopic (exact) mass is 431 g/mol. The van der Waals surface area contributed by atoms with Crippen LogP contribution in [0, 0.1) is 0 Å². The second-order valence-corrected chi connectivity index (χ2v) is 9.69. The van der Waals surface area contributed by atoms with Crippen molar-refractivity contribution in [3.05, 3.63) is 43.3 Å². The van der Waals surface area contributed by atoms with Crippen LogP contribution >= 0.6 is 22.7 Å². The second kappa shape index (κ2) is 9.09. The normalized spacial score (nSPS) is 15.8. The number of fused-ring (bicyclic) bond motifs is 2. The van der Waals surface area contributed by atoms with E-state index in [-0.39, 0.29) is 30.6 Å². The summed E-state index contributed by atoms with van der Waals surface area (Å²) in [5.41, 5.74) is 7.40. The third kappa shape index (κ3) is 4.87. The van der Waals surface area contributed by atoms with Gasteiger partial charge in [0.2, 0.25) is 11.8 Å². The molecular formula is C21H25N3O3S2. The molecule has 2 N–H and O–H groups in total. The van der Waals surface area contributed by atoms with Gasteiger partial charge >= 0.3 is 0 Å². The third-order valence-corrected chi connectivity index (χ3v) is 7.77. The molecule has 0 atom stereocenters. The van der Waals surface area contributed by atoms with Crippen LogP contribution < -0.4 is 10.9 Å². The SMILES string of the molecule is O=C(CCC(=O)N1CCc2sccc2C1)NNC(=O)c1cc2c(s1)CCCCC2. The number of nitrogens with zero attached hydrogens (tertiary/aromatic N) is 1. The fourth-order valence-corrected chi connectivity index (χ4v) is 5.91. The van der Waals surface area contributed by atoms with Crippen LogP contribution in [0.15, 0.2) is 17.5 Å². The minimum absolute atomic E-state index is 0.0228. The van der Waals surface area contributed by atoms with Gasteiger partial charge in [0.1, 0.15) is 0 Å². The van der Waals surface area contributed by atoms with Gasteiger partial charge in [0, 0.05) is 35.7 Å². The maximum Gasteiger partial charge on any atom is 0.279 e. The van der Waals surface area contributed by atoms with Crippen molar-refractivity contribution in [2.24, 2.45) is 0 Å². The number of hydrogen-bond donors (Lipinski definition) is 2. The molecule has 2 aliphatic rings. The Morgan fingerprint density at radius 2 is 1.83 bits per heavy atom. The lowest BCUT2D eigenvalue weighted by atomic mass is 10.1. The highest BCUT2D eigenvalue weighted by Gasteiger charge is 2.22. The first-order chi connectivity index (χ1) is 14.1. The van der Waals surface area contributed by atoms with Gasteiger partial charge in [-0.2, -0.15) is 0 Å². The van der Waals surface area contributed by atoms with E-state index in [4.69, 9.17) is 0 Å². The summed E-state index contributed by atoms with van der Waals surface area (Å²) < 4.78 is 0. The molecule has 0 saturated carbocycles. The molecule has 6 nitrogen and oxygen atoms in total. The number of nitrogens with one attached hydrogen (secondary N) is 2. The Hall–Kier alpha value is -2.19. The van der Waals surface area contributed by atoms with Crippen LogP contribution in [0.3, 0.4) is 0 Å². The van der Waals surface area contributed by atoms with E-state index >= 15 is 0 Å². The van der Waals surface area contributed by atoms with Gasteiger partial charge in [-0.25, -0.2) is 0 Å². The lowest BCUT2D eigenvalue weighted by Crippen LogP contribution is -2.42. The maximum absolute atomic E-state index is 12.4. The molecule has 0 radical (unpaired) electrons. The average molecular weight is 432 g/mol. The molecule has 3 heterocycles. The minimum atomic E-state index is -0.349. The maximum atomic E-state index is 12.4. The van der Waals surface area contributed by atoms with Crippen molar-refractivity contribution in [2.45, 2.75) is 57.9 Å². The van der Waals surface area contributed by atoms with E-state index < -0.39 is 0 Å². The van der Waals surface area contributed by atoms with Gasteiger partial charge < -0.3 is 4.90 Å². The Bertz CT molecular complexity index is 895. The number of thiophene rings is 2. The third-order valence-electron chi connectivity index (χ3n) is 5.51. The Kier molecular flexibility index (Phi) is 6.30. The van der Waals surface area contributed by atoms with Crippen LogP contribution in [0.1, 0.15) is 62.7 Å². The van der Waals surface area contributed by atoms with E-state index in [1.165, 1.54) is 51.5 Å². The summed E-state index contributed by atoms with van der Waals surface area (Å²) in [6, 6.07) is 4.01. The number of aryl methyl sites for hydroxylation is 2. The zero-order valence-electron chi connectivity index (χ0n) is 16.3. The lowest BCUT2D eigenvalue weighted by Gasteiger charge is -2.27. The summed E-state index contributed by atoms with van der Waals surface area (Å²) in [6.45, 7) is 1.33. The molecule has 1 aliphatic heterocycles. The fourth-order valence-electron chi connectivity index (χ4n) is 3.87. The molecule has 0 aromatic carbocycles. The first-order valence-corrected chi connectivity index (χ1v) is 11.8. The van der Waals surface area contributed by atoms with Gasteiger partial charge in [-0.1, -0.05) is 6.42 Å². The molecule has 1 aliphatic carbocycles. The number of rotatable bonds is 4. The van der Waals surface area contributed by atoms with Crippen molar-refractivity contribution in [3.63, 3.8) is 0 Å². The van der Waals surface area contributed by atoms with Gasteiger partial charge in [0.15, 0.2) is 0 Å². The van der Waals surface area contributed by atoms with Crippen LogP contribution in [-0.2, 0) is 35.4 Å². The molecule has 2 aromatic heterocycles. The summed E-state index contributed by atoms with van der Waals surface area (Å²) in [4.78, 5) is 41.9. The van der Waals surface area contributed by atoms with Crippen LogP contribution in [0.25, 0.3) is 0 Å². The fraction of sp³-hybridized carbons (Fsp3) is 0.476. The molecular weight excluding hydrogens is 406 g/mol. The van der Waals surface area contributed by atoms with E-state index in [1.54, 1.807) is 16.2 Å². The van der Waals surface area contributed by atoms with E-state index in [2.05, 4.69) is 22.3 Å². The molecule has 2 aromatic rings. The standard InChI is InChI=1S/C21H25N3O3S2/c25-19(6-7-20(26)24-10-8-16-15(13-24)9-11-28-16)22-23-21(27)18-12-14-4-2-1-3-5-17(14)29-18/h9,11-12H,1-8,10,13H2,(H,22,25)(H,23,27). The molecule has 3 amide bonds. The van der Waals surface area contributed by atoms with E-state index in [0.29, 0.717) is 18.0 Å². The second-order valence-electron chi connectivity index (χ2n) is 7.56. The molecule has 8 heteroatoms. The van der Waals surface area contributed by atoms with Crippen LogP contribution in [0.4, 0.5) is 0 Å². The zero-order chi connectivity index (χ0) is 20.2. The number of carbonyl (C=O) groups is 3. The summed E-state index contributed by atoms with van der Waals surface area (Å²) >= 11 is 3.25. The zero-order valence-corrected chi connectivity index (χ0v) is 17.9. The van der Waals surface area contributed by atoms with Gasteiger partial charge in [0.05, 0.1) is 4.88 Å². The van der Waals surface area contributed by atoms with Crippen LogP contribution in [0.2, 0.25) is 0 Å². The first kappa shape index (κ1) is 20.1. The van der Waals surface area contributed by atoms with Gasteiger partial charge in [-0.15, -0.1) is 22.7 Å². The Balaban J connectivity index is 1.21. The minimum Gasteiger partial charge on any atom is -0.338 e. The summed E-state index contributed by atoms with van der Waals surface area (Å²) in [6.07, 6.45) is 6.73. The lowest BCUT2D eigenvalue weighted by molar-refractivity contribution is -0.134. The molecule has 0 fully saturated rings. The Morgan fingerprint density at radius 3 is 2.72 bits per heavy atom. The predicted molar refractivity (Wildman–Crippen MR) is 114 cm³/mol. The number of amides is 3. The molecule has 0 bridgehead atoms. The van der Waals surface area contributed by atoms with E-state index in [1.807, 2.05) is 6.07 Å². The van der Waals surface area contributed by atoms with Gasteiger partial charge in [-0.3, -0.25) is 25.2 Å². The number of hydrogen-bond acceptors (Lipinski definition) is 5. The van der Waals surface area contributed by atoms with Crippen molar-refractivity contribution in [1.82, 2.24) is 15.8 Å². The van der Waals surface area contributed by atoms with Crippen LogP contribution in [-0.4, -0.2) is 29.2 Å². The summed E-state index contributed by atoms with van der Waals surface area (Å²) in [7, 11) is 0. The number of hydrazine groups is 1. The molecule has 154 valence electrons. The highest BCUT2D eigenvalue weighted by atomic mass is 32.1.